The Morgan fingerprint density at radius 2 is 1.91 bits per heavy atom. The largest absolute Gasteiger partial charge is 0.494 e. The summed E-state index contributed by atoms with van der Waals surface area (Å²) in [7, 11) is 0. The fourth-order valence-corrected chi connectivity index (χ4v) is 3.87. The van der Waals surface area contributed by atoms with Gasteiger partial charge in [-0.1, -0.05) is 18.2 Å². The first-order chi connectivity index (χ1) is 11.3. The second-order valence-corrected chi connectivity index (χ2v) is 6.68. The van der Waals surface area contributed by atoms with Crippen molar-refractivity contribution < 1.29 is 9.53 Å². The molecular formula is C19H28N2O2. The fraction of sp³-hybridized carbons (Fsp3) is 0.632. The van der Waals surface area contributed by atoms with Crippen LogP contribution in [0.5, 0.6) is 5.75 Å². The first kappa shape index (κ1) is 16.3. The number of nitrogens with one attached hydrogen (secondary N) is 1. The van der Waals surface area contributed by atoms with Gasteiger partial charge < -0.3 is 15.0 Å². The number of ether oxygens (including phenoxy) is 1. The highest BCUT2D eigenvalue weighted by atomic mass is 16.5. The van der Waals surface area contributed by atoms with Crippen molar-refractivity contribution in [2.24, 2.45) is 11.8 Å². The molecule has 2 atom stereocenters. The van der Waals surface area contributed by atoms with Crippen LogP contribution in [-0.4, -0.2) is 43.6 Å². The molecule has 0 spiro atoms. The third-order valence-corrected chi connectivity index (χ3v) is 5.25. The molecule has 0 bridgehead atoms. The van der Waals surface area contributed by atoms with Gasteiger partial charge in [0, 0.05) is 19.5 Å². The Bertz CT molecular complexity index is 518. The molecule has 1 aromatic carbocycles. The molecule has 2 saturated heterocycles. The number of likely N-dealkylation sites (tertiary alicyclic amines) is 1. The fourth-order valence-electron chi connectivity index (χ4n) is 3.87. The van der Waals surface area contributed by atoms with Gasteiger partial charge in [0.05, 0.1) is 6.61 Å². The molecule has 1 amide bonds. The molecule has 2 heterocycles. The smallest absolute Gasteiger partial charge is 0.222 e. The average Bonchev–Trinajstić information content (AvgIpc) is 2.92. The van der Waals surface area contributed by atoms with Gasteiger partial charge in [0.15, 0.2) is 0 Å². The van der Waals surface area contributed by atoms with E-state index in [1.54, 1.807) is 0 Å². The number of para-hydroxylation sites is 1. The van der Waals surface area contributed by atoms with Crippen LogP contribution in [0.25, 0.3) is 0 Å². The molecule has 1 N–H and O–H groups in total. The molecule has 4 nitrogen and oxygen atoms in total. The molecule has 0 aromatic heterocycles. The lowest BCUT2D eigenvalue weighted by Crippen LogP contribution is -2.32. The molecule has 0 radical (unpaired) electrons. The Balaban J connectivity index is 1.53. The van der Waals surface area contributed by atoms with Gasteiger partial charge in [-0.2, -0.15) is 0 Å². The van der Waals surface area contributed by atoms with Crippen LogP contribution >= 0.6 is 0 Å². The summed E-state index contributed by atoms with van der Waals surface area (Å²) in [6.07, 6.45) is 3.65. The Kier molecular flexibility index (Phi) is 5.55. The zero-order chi connectivity index (χ0) is 16.1. The quantitative estimate of drug-likeness (QED) is 0.907. The summed E-state index contributed by atoms with van der Waals surface area (Å²) in [4.78, 5) is 14.7. The zero-order valence-corrected chi connectivity index (χ0v) is 14.1. The van der Waals surface area contributed by atoms with Crippen molar-refractivity contribution in [3.05, 3.63) is 29.8 Å². The third-order valence-electron chi connectivity index (χ3n) is 5.25. The molecule has 3 rings (SSSR count). The van der Waals surface area contributed by atoms with Gasteiger partial charge in [0.25, 0.3) is 0 Å². The maximum absolute atomic E-state index is 12.6. The van der Waals surface area contributed by atoms with Gasteiger partial charge in [0.1, 0.15) is 5.75 Å². The second-order valence-electron chi connectivity index (χ2n) is 6.68. The van der Waals surface area contributed by atoms with Crippen LogP contribution in [0.3, 0.4) is 0 Å². The number of rotatable bonds is 5. The highest BCUT2D eigenvalue weighted by molar-refractivity contribution is 5.76. The predicted molar refractivity (Wildman–Crippen MR) is 91.6 cm³/mol. The normalized spacial score (nSPS) is 24.1. The molecule has 2 aliphatic heterocycles. The number of carbonyl (C=O) groups is 1. The highest BCUT2D eigenvalue weighted by Crippen LogP contribution is 2.27. The number of benzene rings is 1. The average molecular weight is 316 g/mol. The Morgan fingerprint density at radius 1 is 1.22 bits per heavy atom. The van der Waals surface area contributed by atoms with Gasteiger partial charge in [-0.3, -0.25) is 4.79 Å². The number of fused-ring (bicyclic) bond motifs is 1. The minimum atomic E-state index is 0.296. The Labute approximate surface area is 139 Å². The molecule has 4 heteroatoms. The van der Waals surface area contributed by atoms with Gasteiger partial charge in [-0.15, -0.1) is 0 Å². The summed E-state index contributed by atoms with van der Waals surface area (Å²) < 4.78 is 5.65. The van der Waals surface area contributed by atoms with Gasteiger partial charge in [-0.25, -0.2) is 0 Å². The number of hydrogen-bond acceptors (Lipinski definition) is 3. The van der Waals surface area contributed by atoms with Crippen molar-refractivity contribution >= 4 is 5.91 Å². The summed E-state index contributed by atoms with van der Waals surface area (Å²) in [5.74, 6) is 2.75. The van der Waals surface area contributed by atoms with E-state index in [-0.39, 0.29) is 0 Å². The van der Waals surface area contributed by atoms with Crippen LogP contribution in [-0.2, 0) is 11.2 Å². The first-order valence-corrected chi connectivity index (χ1v) is 8.97. The lowest BCUT2D eigenvalue weighted by atomic mass is 9.92. The van der Waals surface area contributed by atoms with Crippen molar-refractivity contribution in [1.29, 1.82) is 0 Å². The van der Waals surface area contributed by atoms with E-state index in [4.69, 9.17) is 4.74 Å². The standard InChI is InChI=1S/C19H28N2O2/c1-2-23-18-6-4-3-5-15(18)7-8-19(22)21-11-9-16-13-20-14-17(16)10-12-21/h3-6,16-17,20H,2,7-14H2,1H3/t16-,17+. The van der Waals surface area contributed by atoms with Crippen LogP contribution in [0.2, 0.25) is 0 Å². The maximum Gasteiger partial charge on any atom is 0.222 e. The van der Waals surface area contributed by atoms with E-state index in [1.165, 1.54) is 0 Å². The molecule has 0 unspecified atom stereocenters. The van der Waals surface area contributed by atoms with Gasteiger partial charge in [-0.05, 0) is 62.7 Å². The maximum atomic E-state index is 12.6. The van der Waals surface area contributed by atoms with E-state index < -0.39 is 0 Å². The number of carbonyl (C=O) groups excluding carboxylic acids is 1. The second kappa shape index (κ2) is 7.82. The van der Waals surface area contributed by atoms with Gasteiger partial charge in [0.2, 0.25) is 5.91 Å². The summed E-state index contributed by atoms with van der Waals surface area (Å²) in [5, 5.41) is 3.48. The van der Waals surface area contributed by atoms with Crippen LogP contribution in [0.4, 0.5) is 0 Å². The summed E-state index contributed by atoms with van der Waals surface area (Å²) in [5.41, 5.74) is 1.14. The lowest BCUT2D eigenvalue weighted by molar-refractivity contribution is -0.131. The topological polar surface area (TPSA) is 41.6 Å². The number of amides is 1. The van der Waals surface area contributed by atoms with Crippen LogP contribution in [0.1, 0.15) is 31.7 Å². The zero-order valence-electron chi connectivity index (χ0n) is 14.1. The molecule has 2 fully saturated rings. The van der Waals surface area contributed by atoms with E-state index in [0.717, 1.165) is 68.6 Å². The highest BCUT2D eigenvalue weighted by Gasteiger charge is 2.31. The van der Waals surface area contributed by atoms with Crippen molar-refractivity contribution in [3.8, 4) is 5.75 Å². The molecule has 0 saturated carbocycles. The van der Waals surface area contributed by atoms with Crippen LogP contribution in [0.15, 0.2) is 24.3 Å². The third kappa shape index (κ3) is 4.05. The van der Waals surface area contributed by atoms with Crippen molar-refractivity contribution in [1.82, 2.24) is 10.2 Å². The number of nitrogens with zero attached hydrogens (tertiary/aromatic N) is 1. The lowest BCUT2D eigenvalue weighted by Gasteiger charge is -2.21. The monoisotopic (exact) mass is 316 g/mol. The van der Waals surface area contributed by atoms with Crippen molar-refractivity contribution in [3.63, 3.8) is 0 Å². The van der Waals surface area contributed by atoms with E-state index >= 15 is 0 Å². The van der Waals surface area contributed by atoms with Gasteiger partial charge >= 0.3 is 0 Å². The van der Waals surface area contributed by atoms with Crippen molar-refractivity contribution in [2.45, 2.75) is 32.6 Å². The molecule has 126 valence electrons. The molecule has 1 aromatic rings. The van der Waals surface area contributed by atoms with Crippen LogP contribution < -0.4 is 10.1 Å². The molecule has 2 aliphatic rings. The number of hydrogen-bond donors (Lipinski definition) is 1. The molecular weight excluding hydrogens is 288 g/mol. The summed E-state index contributed by atoms with van der Waals surface area (Å²) >= 11 is 0. The molecule has 23 heavy (non-hydrogen) atoms. The predicted octanol–water partition coefficient (Wildman–Crippen LogP) is 2.48. The van der Waals surface area contributed by atoms with E-state index in [2.05, 4.69) is 16.3 Å². The summed E-state index contributed by atoms with van der Waals surface area (Å²) in [6.45, 7) is 6.77. The minimum absolute atomic E-state index is 0.296. The van der Waals surface area contributed by atoms with Crippen LogP contribution in [0, 0.1) is 11.8 Å². The Hall–Kier alpha value is -1.55. The summed E-state index contributed by atoms with van der Waals surface area (Å²) in [6, 6.07) is 8.06. The van der Waals surface area contributed by atoms with E-state index in [1.807, 2.05) is 25.1 Å². The Morgan fingerprint density at radius 3 is 2.61 bits per heavy atom. The minimum Gasteiger partial charge on any atom is -0.494 e. The first-order valence-electron chi connectivity index (χ1n) is 8.97. The SMILES string of the molecule is CCOc1ccccc1CCC(=O)N1CC[C@@H]2CNC[C@@H]2CC1. The van der Waals surface area contributed by atoms with E-state index in [9.17, 15) is 4.79 Å². The number of aryl methyl sites for hydroxylation is 1. The van der Waals surface area contributed by atoms with Crippen molar-refractivity contribution in [2.75, 3.05) is 32.8 Å². The molecule has 0 aliphatic carbocycles. The van der Waals surface area contributed by atoms with E-state index in [0.29, 0.717) is 18.9 Å².